The van der Waals surface area contributed by atoms with Crippen LogP contribution in [0.1, 0.15) is 24.8 Å². The van der Waals surface area contributed by atoms with Gasteiger partial charge < -0.3 is 15.3 Å². The van der Waals surface area contributed by atoms with Crippen LogP contribution in [0.3, 0.4) is 0 Å². The van der Waals surface area contributed by atoms with Crippen LogP contribution in [-0.4, -0.2) is 34.6 Å². The number of nitrogens with zero attached hydrogens (tertiary/aromatic N) is 1. The van der Waals surface area contributed by atoms with Gasteiger partial charge in [0.1, 0.15) is 5.82 Å². The Morgan fingerprint density at radius 1 is 1.43 bits per heavy atom. The maximum atomic E-state index is 13.8. The van der Waals surface area contributed by atoms with Crippen LogP contribution >= 0.6 is 15.9 Å². The zero-order valence-electron chi connectivity index (χ0n) is 11.3. The van der Waals surface area contributed by atoms with E-state index in [9.17, 15) is 14.0 Å². The minimum absolute atomic E-state index is 0.0678. The SMILES string of the molecule is O=C(O)CCNC(=O)N(Cc1cc(Br)ccc1F)C1CC1. The summed E-state index contributed by atoms with van der Waals surface area (Å²) in [6.07, 6.45) is 1.65. The lowest BCUT2D eigenvalue weighted by molar-refractivity contribution is -0.136. The summed E-state index contributed by atoms with van der Waals surface area (Å²) in [5.74, 6) is -1.33. The van der Waals surface area contributed by atoms with Gasteiger partial charge in [0.25, 0.3) is 0 Å². The third-order valence-electron chi connectivity index (χ3n) is 3.21. The Kier molecular flexibility index (Phi) is 5.17. The Labute approximate surface area is 130 Å². The smallest absolute Gasteiger partial charge is 0.317 e. The second-order valence-corrected chi connectivity index (χ2v) is 5.89. The number of rotatable bonds is 6. The quantitative estimate of drug-likeness (QED) is 0.821. The summed E-state index contributed by atoms with van der Waals surface area (Å²) in [7, 11) is 0. The van der Waals surface area contributed by atoms with Crippen molar-refractivity contribution in [2.24, 2.45) is 0 Å². The summed E-state index contributed by atoms with van der Waals surface area (Å²) < 4.78 is 14.5. The van der Waals surface area contributed by atoms with Gasteiger partial charge in [-0.15, -0.1) is 0 Å². The number of nitrogens with one attached hydrogen (secondary N) is 1. The lowest BCUT2D eigenvalue weighted by Crippen LogP contribution is -2.41. The number of urea groups is 1. The number of hydrogen-bond donors (Lipinski definition) is 2. The monoisotopic (exact) mass is 358 g/mol. The Morgan fingerprint density at radius 3 is 2.76 bits per heavy atom. The van der Waals surface area contributed by atoms with Gasteiger partial charge in [-0.25, -0.2) is 9.18 Å². The molecule has 0 saturated heterocycles. The summed E-state index contributed by atoms with van der Waals surface area (Å²) in [6, 6.07) is 4.36. The molecule has 2 rings (SSSR count). The van der Waals surface area contributed by atoms with E-state index in [0.29, 0.717) is 5.56 Å². The van der Waals surface area contributed by atoms with E-state index in [1.54, 1.807) is 17.0 Å². The molecule has 7 heteroatoms. The molecule has 0 aliphatic heterocycles. The molecule has 5 nitrogen and oxygen atoms in total. The third-order valence-corrected chi connectivity index (χ3v) is 3.71. The second kappa shape index (κ2) is 6.89. The molecule has 114 valence electrons. The van der Waals surface area contributed by atoms with Gasteiger partial charge in [-0.3, -0.25) is 4.79 Å². The fourth-order valence-electron chi connectivity index (χ4n) is 1.98. The molecule has 1 aromatic carbocycles. The Bertz CT molecular complexity index is 549. The summed E-state index contributed by atoms with van der Waals surface area (Å²) in [5, 5.41) is 11.1. The molecule has 0 aromatic heterocycles. The number of halogens is 2. The molecule has 0 radical (unpaired) electrons. The van der Waals surface area contributed by atoms with Gasteiger partial charge in [-0.2, -0.15) is 0 Å². The van der Waals surface area contributed by atoms with Crippen molar-refractivity contribution in [3.05, 3.63) is 34.1 Å². The van der Waals surface area contributed by atoms with Gasteiger partial charge >= 0.3 is 12.0 Å². The normalized spacial score (nSPS) is 13.8. The van der Waals surface area contributed by atoms with Crippen LogP contribution in [0.15, 0.2) is 22.7 Å². The zero-order valence-corrected chi connectivity index (χ0v) is 12.9. The van der Waals surface area contributed by atoms with Crippen LogP contribution in [0.5, 0.6) is 0 Å². The molecule has 1 aliphatic rings. The van der Waals surface area contributed by atoms with E-state index >= 15 is 0 Å². The fourth-order valence-corrected chi connectivity index (χ4v) is 2.39. The van der Waals surface area contributed by atoms with E-state index in [2.05, 4.69) is 21.2 Å². The molecule has 0 unspecified atom stereocenters. The molecule has 1 saturated carbocycles. The van der Waals surface area contributed by atoms with E-state index in [-0.39, 0.29) is 37.4 Å². The summed E-state index contributed by atoms with van der Waals surface area (Å²) >= 11 is 3.28. The topological polar surface area (TPSA) is 69.6 Å². The largest absolute Gasteiger partial charge is 0.481 e. The van der Waals surface area contributed by atoms with Crippen molar-refractivity contribution in [2.45, 2.75) is 31.8 Å². The fraction of sp³-hybridized carbons (Fsp3) is 0.429. The number of hydrogen-bond acceptors (Lipinski definition) is 2. The number of benzene rings is 1. The lowest BCUT2D eigenvalue weighted by atomic mass is 10.2. The van der Waals surface area contributed by atoms with Crippen molar-refractivity contribution >= 4 is 27.9 Å². The summed E-state index contributed by atoms with van der Waals surface area (Å²) in [4.78, 5) is 24.1. The van der Waals surface area contributed by atoms with Crippen molar-refractivity contribution in [3.8, 4) is 0 Å². The molecule has 2 N–H and O–H groups in total. The average molecular weight is 359 g/mol. The van der Waals surface area contributed by atoms with Gasteiger partial charge in [-0.05, 0) is 31.0 Å². The molecule has 21 heavy (non-hydrogen) atoms. The van der Waals surface area contributed by atoms with E-state index in [1.165, 1.54) is 6.07 Å². The highest BCUT2D eigenvalue weighted by molar-refractivity contribution is 9.10. The van der Waals surface area contributed by atoms with E-state index in [0.717, 1.165) is 17.3 Å². The third kappa shape index (κ3) is 4.70. The first-order valence-corrected chi connectivity index (χ1v) is 7.47. The molecule has 2 amide bonds. The summed E-state index contributed by atoms with van der Waals surface area (Å²) in [6.45, 7) is 0.243. The molecule has 1 aromatic rings. The molecule has 0 bridgehead atoms. The molecule has 1 aliphatic carbocycles. The first-order valence-electron chi connectivity index (χ1n) is 6.67. The first kappa shape index (κ1) is 15.8. The zero-order chi connectivity index (χ0) is 15.4. The van der Waals surface area contributed by atoms with E-state index < -0.39 is 5.97 Å². The molecular formula is C14H16BrFN2O3. The second-order valence-electron chi connectivity index (χ2n) is 4.97. The van der Waals surface area contributed by atoms with E-state index in [4.69, 9.17) is 5.11 Å². The minimum atomic E-state index is -0.966. The van der Waals surface area contributed by atoms with Crippen molar-refractivity contribution in [3.63, 3.8) is 0 Å². The maximum Gasteiger partial charge on any atom is 0.317 e. The highest BCUT2D eigenvalue weighted by atomic mass is 79.9. The molecule has 1 fully saturated rings. The van der Waals surface area contributed by atoms with Gasteiger partial charge in [0.05, 0.1) is 13.0 Å². The predicted molar refractivity (Wildman–Crippen MR) is 78.3 cm³/mol. The average Bonchev–Trinajstić information content (AvgIpc) is 3.23. The minimum Gasteiger partial charge on any atom is -0.481 e. The van der Waals surface area contributed by atoms with Gasteiger partial charge in [-0.1, -0.05) is 15.9 Å². The van der Waals surface area contributed by atoms with Crippen LogP contribution in [-0.2, 0) is 11.3 Å². The standard InChI is InChI=1S/C14H16BrFN2O3/c15-10-1-4-12(16)9(7-10)8-18(11-2-3-11)14(21)17-6-5-13(19)20/h1,4,7,11H,2-3,5-6,8H2,(H,17,21)(H,19,20). The molecular weight excluding hydrogens is 343 g/mol. The maximum absolute atomic E-state index is 13.8. The Morgan fingerprint density at radius 2 is 2.14 bits per heavy atom. The van der Waals surface area contributed by atoms with Crippen LogP contribution in [0.2, 0.25) is 0 Å². The van der Waals surface area contributed by atoms with Crippen LogP contribution in [0, 0.1) is 5.82 Å². The number of carbonyl (C=O) groups is 2. The van der Waals surface area contributed by atoms with Crippen molar-refractivity contribution in [1.29, 1.82) is 0 Å². The van der Waals surface area contributed by atoms with Crippen LogP contribution < -0.4 is 5.32 Å². The van der Waals surface area contributed by atoms with Crippen LogP contribution in [0.25, 0.3) is 0 Å². The van der Waals surface area contributed by atoms with Crippen molar-refractivity contribution in [2.75, 3.05) is 6.54 Å². The number of carboxylic acid groups (broad SMARTS) is 1. The van der Waals surface area contributed by atoms with Crippen LogP contribution in [0.4, 0.5) is 9.18 Å². The summed E-state index contributed by atoms with van der Waals surface area (Å²) in [5.41, 5.74) is 0.435. The highest BCUT2D eigenvalue weighted by Crippen LogP contribution is 2.29. The highest BCUT2D eigenvalue weighted by Gasteiger charge is 2.33. The number of carboxylic acids is 1. The Balaban J connectivity index is 2.00. The van der Waals surface area contributed by atoms with Gasteiger partial charge in [0, 0.05) is 22.6 Å². The number of aliphatic carboxylic acids is 1. The van der Waals surface area contributed by atoms with Crippen molar-refractivity contribution < 1.29 is 19.1 Å². The predicted octanol–water partition coefficient (Wildman–Crippen LogP) is 2.74. The van der Waals surface area contributed by atoms with Crippen molar-refractivity contribution in [1.82, 2.24) is 10.2 Å². The molecule has 0 atom stereocenters. The molecule has 0 spiro atoms. The van der Waals surface area contributed by atoms with Gasteiger partial charge in [0.15, 0.2) is 0 Å². The Hall–Kier alpha value is -1.63. The molecule has 0 heterocycles. The van der Waals surface area contributed by atoms with Gasteiger partial charge in [0.2, 0.25) is 0 Å². The number of amides is 2. The van der Waals surface area contributed by atoms with E-state index in [1.807, 2.05) is 0 Å². The number of carbonyl (C=O) groups excluding carboxylic acids is 1. The first-order chi connectivity index (χ1) is 9.97. The lowest BCUT2D eigenvalue weighted by Gasteiger charge is -2.23.